The highest BCUT2D eigenvalue weighted by atomic mass is 16.3. The van der Waals surface area contributed by atoms with Crippen LogP contribution in [0.15, 0.2) is 0 Å². The molecule has 7 nitrogen and oxygen atoms in total. The number of carbonyl (C=O) groups is 2. The van der Waals surface area contributed by atoms with Gasteiger partial charge in [0.1, 0.15) is 5.54 Å². The number of nitrogens with two attached hydrogens (primary N) is 1. The van der Waals surface area contributed by atoms with Crippen LogP contribution in [0.5, 0.6) is 0 Å². The van der Waals surface area contributed by atoms with E-state index in [4.69, 9.17) is 10.8 Å². The zero-order valence-corrected chi connectivity index (χ0v) is 11.8. The molecule has 4 N–H and O–H groups in total. The van der Waals surface area contributed by atoms with E-state index in [1.807, 2.05) is 0 Å². The van der Waals surface area contributed by atoms with E-state index in [2.05, 4.69) is 10.2 Å². The Morgan fingerprint density at radius 1 is 1.20 bits per heavy atom. The van der Waals surface area contributed by atoms with Gasteiger partial charge in [0, 0.05) is 26.2 Å². The van der Waals surface area contributed by atoms with Gasteiger partial charge in [0.2, 0.25) is 0 Å². The van der Waals surface area contributed by atoms with Crippen LogP contribution >= 0.6 is 0 Å². The summed E-state index contributed by atoms with van der Waals surface area (Å²) in [6.45, 7) is 3.22. The van der Waals surface area contributed by atoms with Crippen molar-refractivity contribution in [3.8, 4) is 0 Å². The molecule has 0 aliphatic carbocycles. The number of hydrogen-bond acceptors (Lipinski definition) is 5. The van der Waals surface area contributed by atoms with Crippen LogP contribution in [0.4, 0.5) is 4.79 Å². The molecule has 0 saturated carbocycles. The number of rotatable bonds is 6. The monoisotopic (exact) mass is 284 g/mol. The molecule has 2 aliphatic heterocycles. The fourth-order valence-corrected chi connectivity index (χ4v) is 2.93. The minimum atomic E-state index is -0.717. The molecule has 0 atom stereocenters. The number of likely N-dealkylation sites (tertiary alicyclic amines) is 1. The molecular formula is C13H24N4O3. The molecule has 3 amide bonds. The number of urea groups is 1. The first-order valence-corrected chi connectivity index (χ1v) is 7.30. The van der Waals surface area contributed by atoms with Crippen molar-refractivity contribution in [1.29, 1.82) is 0 Å². The van der Waals surface area contributed by atoms with E-state index in [1.54, 1.807) is 0 Å². The van der Waals surface area contributed by atoms with Crippen LogP contribution in [-0.2, 0) is 4.79 Å². The van der Waals surface area contributed by atoms with E-state index < -0.39 is 5.54 Å². The minimum absolute atomic E-state index is 0.0943. The number of imide groups is 1. The second kappa shape index (κ2) is 6.51. The van der Waals surface area contributed by atoms with E-state index in [0.29, 0.717) is 32.5 Å². The van der Waals surface area contributed by atoms with Crippen molar-refractivity contribution in [1.82, 2.24) is 15.1 Å². The second-order valence-corrected chi connectivity index (χ2v) is 5.53. The second-order valence-electron chi connectivity index (χ2n) is 5.53. The van der Waals surface area contributed by atoms with E-state index >= 15 is 0 Å². The maximum absolute atomic E-state index is 12.5. The first kappa shape index (κ1) is 15.2. The van der Waals surface area contributed by atoms with Gasteiger partial charge in [-0.15, -0.1) is 0 Å². The van der Waals surface area contributed by atoms with Crippen LogP contribution in [0.25, 0.3) is 0 Å². The highest BCUT2D eigenvalue weighted by Crippen LogP contribution is 2.29. The smallest absolute Gasteiger partial charge is 0.325 e. The third kappa shape index (κ3) is 2.94. The third-order valence-electron chi connectivity index (χ3n) is 4.21. The number of aliphatic hydroxyl groups excluding tert-OH is 1. The number of carbonyl (C=O) groups excluding carboxylic acids is 2. The van der Waals surface area contributed by atoms with Gasteiger partial charge in [-0.25, -0.2) is 4.79 Å². The summed E-state index contributed by atoms with van der Waals surface area (Å²) in [5, 5.41) is 11.8. The van der Waals surface area contributed by atoms with Crippen molar-refractivity contribution >= 4 is 11.9 Å². The Bertz CT molecular complexity index is 367. The molecule has 0 unspecified atom stereocenters. The maximum atomic E-state index is 12.5. The normalized spacial score (nSPS) is 22.6. The Balaban J connectivity index is 1.94. The van der Waals surface area contributed by atoms with Crippen LogP contribution in [-0.4, -0.2) is 71.7 Å². The zero-order valence-electron chi connectivity index (χ0n) is 11.8. The predicted octanol–water partition coefficient (Wildman–Crippen LogP) is -0.896. The van der Waals surface area contributed by atoms with Gasteiger partial charge in [-0.05, 0) is 32.2 Å². The maximum Gasteiger partial charge on any atom is 0.325 e. The number of aliphatic hydroxyl groups is 1. The van der Waals surface area contributed by atoms with E-state index in [9.17, 15) is 9.59 Å². The molecule has 0 bridgehead atoms. The summed E-state index contributed by atoms with van der Waals surface area (Å²) in [5.41, 5.74) is 4.72. The van der Waals surface area contributed by atoms with E-state index in [-0.39, 0.29) is 18.5 Å². The van der Waals surface area contributed by atoms with Gasteiger partial charge in [0.15, 0.2) is 0 Å². The lowest BCUT2D eigenvalue weighted by Crippen LogP contribution is -2.55. The standard InChI is InChI=1S/C13H24N4O3/c14-5-1-2-6-17-11(19)13(15-12(17)20)3-7-16(8-4-13)9-10-18/h18H,1-10,14H2,(H,15,20). The van der Waals surface area contributed by atoms with Crippen molar-refractivity contribution in [2.45, 2.75) is 31.2 Å². The zero-order chi connectivity index (χ0) is 14.6. The Hall–Kier alpha value is -1.18. The molecule has 20 heavy (non-hydrogen) atoms. The topological polar surface area (TPSA) is 98.9 Å². The lowest BCUT2D eigenvalue weighted by Gasteiger charge is -2.37. The molecule has 0 aromatic heterocycles. The molecule has 2 heterocycles. The SMILES string of the molecule is NCCCCN1C(=O)NC2(CCN(CCO)CC2)C1=O. The number of nitrogens with zero attached hydrogens (tertiary/aromatic N) is 2. The van der Waals surface area contributed by atoms with Crippen molar-refractivity contribution in [2.24, 2.45) is 5.73 Å². The molecule has 114 valence electrons. The van der Waals surface area contributed by atoms with Crippen molar-refractivity contribution < 1.29 is 14.7 Å². The van der Waals surface area contributed by atoms with Gasteiger partial charge >= 0.3 is 6.03 Å². The largest absolute Gasteiger partial charge is 0.395 e. The summed E-state index contributed by atoms with van der Waals surface area (Å²) in [5.74, 6) is -0.0943. The molecule has 1 spiro atoms. The molecular weight excluding hydrogens is 260 g/mol. The number of amides is 3. The quantitative estimate of drug-likeness (QED) is 0.434. The summed E-state index contributed by atoms with van der Waals surface area (Å²) >= 11 is 0. The Morgan fingerprint density at radius 2 is 1.90 bits per heavy atom. The Labute approximate surface area is 119 Å². The third-order valence-corrected chi connectivity index (χ3v) is 4.21. The average Bonchev–Trinajstić information content (AvgIpc) is 2.66. The van der Waals surface area contributed by atoms with Crippen LogP contribution < -0.4 is 11.1 Å². The Kier molecular flexibility index (Phi) is 4.95. The summed E-state index contributed by atoms with van der Waals surface area (Å²) in [4.78, 5) is 27.9. The fourth-order valence-electron chi connectivity index (χ4n) is 2.93. The lowest BCUT2D eigenvalue weighted by molar-refractivity contribution is -0.133. The van der Waals surface area contributed by atoms with E-state index in [1.165, 1.54) is 4.90 Å². The van der Waals surface area contributed by atoms with Gasteiger partial charge in [-0.2, -0.15) is 0 Å². The molecule has 2 fully saturated rings. The van der Waals surface area contributed by atoms with Gasteiger partial charge in [0.05, 0.1) is 6.61 Å². The van der Waals surface area contributed by atoms with E-state index in [0.717, 1.165) is 25.9 Å². The van der Waals surface area contributed by atoms with Crippen molar-refractivity contribution in [3.05, 3.63) is 0 Å². The van der Waals surface area contributed by atoms with Gasteiger partial charge in [0.25, 0.3) is 5.91 Å². The molecule has 0 radical (unpaired) electrons. The first-order valence-electron chi connectivity index (χ1n) is 7.30. The number of hydrogen-bond donors (Lipinski definition) is 3. The van der Waals surface area contributed by atoms with Crippen LogP contribution in [0, 0.1) is 0 Å². The Morgan fingerprint density at radius 3 is 2.50 bits per heavy atom. The predicted molar refractivity (Wildman–Crippen MR) is 74.0 cm³/mol. The number of nitrogens with one attached hydrogen (secondary N) is 1. The van der Waals surface area contributed by atoms with Crippen LogP contribution in [0.2, 0.25) is 0 Å². The highest BCUT2D eigenvalue weighted by Gasteiger charge is 2.51. The van der Waals surface area contributed by atoms with Crippen molar-refractivity contribution in [2.75, 3.05) is 39.3 Å². The average molecular weight is 284 g/mol. The summed E-state index contributed by atoms with van der Waals surface area (Å²) in [6, 6.07) is -0.275. The van der Waals surface area contributed by atoms with Gasteiger partial charge in [-0.3, -0.25) is 9.69 Å². The summed E-state index contributed by atoms with van der Waals surface area (Å²) in [7, 11) is 0. The first-order chi connectivity index (χ1) is 9.63. The lowest BCUT2D eigenvalue weighted by atomic mass is 9.87. The van der Waals surface area contributed by atoms with Crippen LogP contribution in [0.1, 0.15) is 25.7 Å². The molecule has 2 saturated heterocycles. The van der Waals surface area contributed by atoms with Crippen LogP contribution in [0.3, 0.4) is 0 Å². The molecule has 2 rings (SSSR count). The summed E-state index contributed by atoms with van der Waals surface area (Å²) in [6.07, 6.45) is 2.80. The molecule has 2 aliphatic rings. The van der Waals surface area contributed by atoms with Gasteiger partial charge in [-0.1, -0.05) is 0 Å². The van der Waals surface area contributed by atoms with Crippen molar-refractivity contribution in [3.63, 3.8) is 0 Å². The fraction of sp³-hybridized carbons (Fsp3) is 0.846. The van der Waals surface area contributed by atoms with Gasteiger partial charge < -0.3 is 21.1 Å². The molecule has 0 aromatic rings. The summed E-state index contributed by atoms with van der Waals surface area (Å²) < 4.78 is 0. The molecule has 7 heteroatoms. The highest BCUT2D eigenvalue weighted by molar-refractivity contribution is 6.07. The molecule has 0 aromatic carbocycles. The number of unbranched alkanes of at least 4 members (excludes halogenated alkanes) is 1. The number of piperidine rings is 1. The number of β-amino-alcohol motifs (C(OH)–C–C–N with tert-alkyl or cyclic N) is 1. The minimum Gasteiger partial charge on any atom is -0.395 e.